The molecular weight excluding hydrogens is 206 g/mol. The van der Waals surface area contributed by atoms with Crippen LogP contribution in [0.25, 0.3) is 11.0 Å². The van der Waals surface area contributed by atoms with Gasteiger partial charge in [0.1, 0.15) is 0 Å². The van der Waals surface area contributed by atoms with Crippen molar-refractivity contribution < 1.29 is 4.52 Å². The van der Waals surface area contributed by atoms with Crippen molar-refractivity contribution in [2.75, 3.05) is 5.75 Å². The molecule has 0 aliphatic rings. The molecule has 15 heavy (non-hydrogen) atoms. The highest BCUT2D eigenvalue weighted by molar-refractivity contribution is 7.80. The predicted octanol–water partition coefficient (Wildman–Crippen LogP) is 3.42. The Morgan fingerprint density at radius 3 is 2.87 bits per heavy atom. The number of hydrogen-bond donors (Lipinski definition) is 1. The van der Waals surface area contributed by atoms with Gasteiger partial charge in [0.2, 0.25) is 0 Å². The Morgan fingerprint density at radius 1 is 1.40 bits per heavy atom. The molecule has 0 fully saturated rings. The van der Waals surface area contributed by atoms with Crippen LogP contribution in [0.1, 0.15) is 31.0 Å². The molecule has 1 aromatic carbocycles. The fraction of sp³-hybridized carbons (Fsp3) is 0.417. The van der Waals surface area contributed by atoms with Crippen LogP contribution in [-0.2, 0) is 6.42 Å². The maximum absolute atomic E-state index is 5.25. The van der Waals surface area contributed by atoms with E-state index in [1.165, 1.54) is 5.56 Å². The van der Waals surface area contributed by atoms with Crippen molar-refractivity contribution in [3.63, 3.8) is 0 Å². The molecule has 0 saturated carbocycles. The maximum atomic E-state index is 5.25. The molecule has 0 amide bonds. The summed E-state index contributed by atoms with van der Waals surface area (Å²) in [6.45, 7) is 4.37. The first-order valence-electron chi connectivity index (χ1n) is 5.21. The standard InChI is InChI=1S/C12H15NOS/c1-8(2)9-3-4-12-10(7-9)11(5-6-15)13-14-12/h3-4,7-8,15H,5-6H2,1-2H3. The van der Waals surface area contributed by atoms with Crippen molar-refractivity contribution in [2.45, 2.75) is 26.2 Å². The number of hydrogen-bond acceptors (Lipinski definition) is 3. The van der Waals surface area contributed by atoms with E-state index < -0.39 is 0 Å². The monoisotopic (exact) mass is 221 g/mol. The molecule has 0 unspecified atom stereocenters. The highest BCUT2D eigenvalue weighted by Gasteiger charge is 2.09. The maximum Gasteiger partial charge on any atom is 0.167 e. The van der Waals surface area contributed by atoms with Crippen LogP contribution in [0, 0.1) is 0 Å². The van der Waals surface area contributed by atoms with Crippen molar-refractivity contribution in [3.8, 4) is 0 Å². The van der Waals surface area contributed by atoms with Crippen LogP contribution in [0.4, 0.5) is 0 Å². The average molecular weight is 221 g/mol. The number of benzene rings is 1. The van der Waals surface area contributed by atoms with Crippen molar-refractivity contribution in [1.82, 2.24) is 5.16 Å². The van der Waals surface area contributed by atoms with Crippen molar-refractivity contribution in [3.05, 3.63) is 29.5 Å². The molecule has 0 N–H and O–H groups in total. The largest absolute Gasteiger partial charge is 0.356 e. The molecule has 3 heteroatoms. The Kier molecular flexibility index (Phi) is 3.00. The highest BCUT2D eigenvalue weighted by atomic mass is 32.1. The van der Waals surface area contributed by atoms with E-state index >= 15 is 0 Å². The third-order valence-corrected chi connectivity index (χ3v) is 2.81. The summed E-state index contributed by atoms with van der Waals surface area (Å²) in [7, 11) is 0. The molecule has 0 saturated heterocycles. The molecule has 2 aromatic rings. The van der Waals surface area contributed by atoms with Gasteiger partial charge in [0.05, 0.1) is 5.69 Å². The van der Waals surface area contributed by atoms with Crippen LogP contribution in [0.5, 0.6) is 0 Å². The topological polar surface area (TPSA) is 26.0 Å². The van der Waals surface area contributed by atoms with Gasteiger partial charge in [-0.25, -0.2) is 0 Å². The lowest BCUT2D eigenvalue weighted by Crippen LogP contribution is -1.89. The van der Waals surface area contributed by atoms with Gasteiger partial charge in [0, 0.05) is 11.8 Å². The second kappa shape index (κ2) is 4.27. The summed E-state index contributed by atoms with van der Waals surface area (Å²) in [5.74, 6) is 1.33. The summed E-state index contributed by atoms with van der Waals surface area (Å²) in [5.41, 5.74) is 3.21. The summed E-state index contributed by atoms with van der Waals surface area (Å²) < 4.78 is 5.25. The lowest BCUT2D eigenvalue weighted by molar-refractivity contribution is 0.447. The number of aromatic nitrogens is 1. The van der Waals surface area contributed by atoms with Crippen LogP contribution in [0.3, 0.4) is 0 Å². The number of thiol groups is 1. The quantitative estimate of drug-likeness (QED) is 0.804. The summed E-state index contributed by atoms with van der Waals surface area (Å²) >= 11 is 4.22. The summed E-state index contributed by atoms with van der Waals surface area (Å²) in [5, 5.41) is 5.20. The molecule has 0 atom stereocenters. The van der Waals surface area contributed by atoms with Crippen LogP contribution >= 0.6 is 12.6 Å². The molecule has 0 spiro atoms. The van der Waals surface area contributed by atoms with Crippen LogP contribution in [0.15, 0.2) is 22.7 Å². The van der Waals surface area contributed by atoms with Gasteiger partial charge in [-0.2, -0.15) is 12.6 Å². The van der Waals surface area contributed by atoms with Crippen molar-refractivity contribution in [2.24, 2.45) is 0 Å². The van der Waals surface area contributed by atoms with Crippen molar-refractivity contribution in [1.29, 1.82) is 0 Å². The first-order chi connectivity index (χ1) is 7.22. The molecule has 1 heterocycles. The third kappa shape index (κ3) is 2.02. The molecule has 0 aliphatic heterocycles. The van der Waals surface area contributed by atoms with Gasteiger partial charge < -0.3 is 4.52 Å². The summed E-state index contributed by atoms with van der Waals surface area (Å²) in [6, 6.07) is 6.28. The van der Waals surface area contributed by atoms with E-state index in [0.717, 1.165) is 28.8 Å². The van der Waals surface area contributed by atoms with Gasteiger partial charge in [0.15, 0.2) is 5.58 Å². The average Bonchev–Trinajstić information content (AvgIpc) is 2.61. The Bertz CT molecular complexity index is 462. The molecular formula is C12H15NOS. The first kappa shape index (κ1) is 10.6. The molecule has 0 bridgehead atoms. The van der Waals surface area contributed by atoms with E-state index in [1.807, 2.05) is 6.07 Å². The van der Waals surface area contributed by atoms with Gasteiger partial charge in [-0.15, -0.1) is 0 Å². The van der Waals surface area contributed by atoms with E-state index in [9.17, 15) is 0 Å². The lowest BCUT2D eigenvalue weighted by atomic mass is 10.0. The van der Waals surface area contributed by atoms with Gasteiger partial charge in [-0.05, 0) is 29.4 Å². The number of nitrogens with zero attached hydrogens (tertiary/aromatic N) is 1. The Labute approximate surface area is 95.1 Å². The first-order valence-corrected chi connectivity index (χ1v) is 5.84. The Hall–Kier alpha value is -0.960. The van der Waals surface area contributed by atoms with Crippen LogP contribution in [0.2, 0.25) is 0 Å². The number of rotatable bonds is 3. The van der Waals surface area contributed by atoms with E-state index in [2.05, 4.69) is 43.8 Å². The van der Waals surface area contributed by atoms with Gasteiger partial charge >= 0.3 is 0 Å². The fourth-order valence-electron chi connectivity index (χ4n) is 1.65. The van der Waals surface area contributed by atoms with E-state index in [1.54, 1.807) is 0 Å². The zero-order valence-electron chi connectivity index (χ0n) is 9.03. The molecule has 2 nitrogen and oxygen atoms in total. The predicted molar refractivity (Wildman–Crippen MR) is 65.7 cm³/mol. The SMILES string of the molecule is CC(C)c1ccc2onc(CCS)c2c1. The van der Waals surface area contributed by atoms with E-state index in [0.29, 0.717) is 5.92 Å². The van der Waals surface area contributed by atoms with E-state index in [4.69, 9.17) is 4.52 Å². The number of fused-ring (bicyclic) bond motifs is 1. The Balaban J connectivity index is 2.51. The third-order valence-electron chi connectivity index (χ3n) is 2.58. The van der Waals surface area contributed by atoms with Crippen LogP contribution < -0.4 is 0 Å². The van der Waals surface area contributed by atoms with Gasteiger partial charge in [-0.1, -0.05) is 25.1 Å². The van der Waals surface area contributed by atoms with Crippen LogP contribution in [-0.4, -0.2) is 10.9 Å². The van der Waals surface area contributed by atoms with Gasteiger partial charge in [0.25, 0.3) is 0 Å². The Morgan fingerprint density at radius 2 is 2.20 bits per heavy atom. The summed E-state index contributed by atoms with van der Waals surface area (Å²) in [6.07, 6.45) is 0.859. The highest BCUT2D eigenvalue weighted by Crippen LogP contribution is 2.24. The molecule has 0 radical (unpaired) electrons. The second-order valence-electron chi connectivity index (χ2n) is 4.01. The minimum Gasteiger partial charge on any atom is -0.356 e. The smallest absolute Gasteiger partial charge is 0.167 e. The summed E-state index contributed by atoms with van der Waals surface area (Å²) in [4.78, 5) is 0. The minimum absolute atomic E-state index is 0.535. The fourth-order valence-corrected chi connectivity index (χ4v) is 1.86. The molecule has 2 rings (SSSR count). The minimum atomic E-state index is 0.535. The number of aryl methyl sites for hydroxylation is 1. The lowest BCUT2D eigenvalue weighted by Gasteiger charge is -2.04. The molecule has 0 aliphatic carbocycles. The zero-order chi connectivity index (χ0) is 10.8. The molecule has 80 valence electrons. The zero-order valence-corrected chi connectivity index (χ0v) is 9.92. The second-order valence-corrected chi connectivity index (χ2v) is 4.46. The van der Waals surface area contributed by atoms with E-state index in [-0.39, 0.29) is 0 Å². The van der Waals surface area contributed by atoms with Crippen molar-refractivity contribution >= 4 is 23.6 Å². The normalized spacial score (nSPS) is 11.5. The van der Waals surface area contributed by atoms with Gasteiger partial charge in [-0.3, -0.25) is 0 Å². The molecule has 1 aromatic heterocycles.